The summed E-state index contributed by atoms with van der Waals surface area (Å²) in [5, 5.41) is 5.45. The van der Waals surface area contributed by atoms with Crippen molar-refractivity contribution < 1.29 is 45.6 Å². The van der Waals surface area contributed by atoms with Crippen molar-refractivity contribution in [1.82, 2.24) is 20.8 Å². The normalized spacial score (nSPS) is 18.9. The molecule has 0 aliphatic carbocycles. The molecule has 2 saturated heterocycles. The van der Waals surface area contributed by atoms with Gasteiger partial charge in [0.1, 0.15) is 25.3 Å². The number of benzene rings is 2. The van der Waals surface area contributed by atoms with Crippen molar-refractivity contribution in [3.63, 3.8) is 0 Å². The number of hydrogen-bond donors (Lipinski definition) is 2. The van der Waals surface area contributed by atoms with Crippen LogP contribution in [-0.2, 0) is 51.2 Å². The van der Waals surface area contributed by atoms with Gasteiger partial charge in [0.2, 0.25) is 0 Å². The molecule has 0 radical (unpaired) electrons. The second kappa shape index (κ2) is 11.2. The van der Waals surface area contributed by atoms with Gasteiger partial charge in [-0.15, -0.1) is 8.57 Å². The van der Waals surface area contributed by atoms with Crippen LogP contribution in [-0.4, -0.2) is 67.7 Å². The van der Waals surface area contributed by atoms with Crippen LogP contribution in [0.15, 0.2) is 60.7 Å². The minimum absolute atomic E-state index is 0.0134. The summed E-state index contributed by atoms with van der Waals surface area (Å²) in [6.45, 7) is -0.624. The van der Waals surface area contributed by atoms with E-state index in [0.29, 0.717) is 10.1 Å². The van der Waals surface area contributed by atoms with Gasteiger partial charge in [-0.05, 0) is 11.1 Å². The van der Waals surface area contributed by atoms with Crippen molar-refractivity contribution in [3.8, 4) is 0 Å². The molecule has 0 bridgehead atoms. The average Bonchev–Trinajstić information content (AvgIpc) is 2.90. The number of amides is 4. The first-order chi connectivity index (χ1) is 17.7. The Balaban J connectivity index is 1.14. The summed E-state index contributed by atoms with van der Waals surface area (Å²) >= 11 is 0. The van der Waals surface area contributed by atoms with E-state index in [4.69, 9.17) is 9.47 Å². The molecule has 0 aromatic heterocycles. The average molecular weight is 535 g/mol. The van der Waals surface area contributed by atoms with E-state index in [1.807, 2.05) is 0 Å². The van der Waals surface area contributed by atoms with Crippen LogP contribution in [0, 0.1) is 0 Å². The maximum Gasteiger partial charge on any atom is 0.442 e. The Hall–Kier alpha value is -4.21. The number of carbonyl (C=O) groups excluding carboxylic acids is 4. The molecule has 2 N–H and O–H groups in total. The fourth-order valence-corrected chi connectivity index (χ4v) is 3.92. The highest BCUT2D eigenvalue weighted by Crippen LogP contribution is 2.19. The van der Waals surface area contributed by atoms with Crippen LogP contribution >= 0.6 is 0 Å². The Morgan fingerprint density at radius 3 is 1.46 bits per heavy atom. The highest BCUT2D eigenvalue weighted by atomic mass is 32.3. The molecular weight excluding hydrogens is 512 g/mol. The van der Waals surface area contributed by atoms with Crippen LogP contribution in [0.25, 0.3) is 0 Å². The molecule has 2 aliphatic heterocycles. The number of rotatable bonds is 10. The smallest absolute Gasteiger partial charge is 0.442 e. The van der Waals surface area contributed by atoms with E-state index < -0.39 is 46.5 Å². The Morgan fingerprint density at radius 2 is 1.11 bits per heavy atom. The predicted molar refractivity (Wildman–Crippen MR) is 122 cm³/mol. The fourth-order valence-electron chi connectivity index (χ4n) is 3.19. The van der Waals surface area contributed by atoms with Gasteiger partial charge in [0, 0.05) is 0 Å². The zero-order valence-corrected chi connectivity index (χ0v) is 20.0. The van der Waals surface area contributed by atoms with E-state index in [1.165, 1.54) is 0 Å². The lowest BCUT2D eigenvalue weighted by Crippen LogP contribution is -2.65. The summed E-state index contributed by atoms with van der Waals surface area (Å²) in [6.07, 6.45) is -1.74. The van der Waals surface area contributed by atoms with Crippen LogP contribution in [0.2, 0.25) is 0 Å². The molecule has 0 unspecified atom stereocenters. The largest absolute Gasteiger partial charge is 0.445 e. The first-order valence-electron chi connectivity index (χ1n) is 10.9. The summed E-state index contributed by atoms with van der Waals surface area (Å²) in [6, 6.07) is 15.6. The molecule has 37 heavy (non-hydrogen) atoms. The Labute approximate surface area is 211 Å². The molecule has 2 heterocycles. The number of hydrogen-bond acceptors (Lipinski definition) is 10. The second-order valence-corrected chi connectivity index (χ2v) is 8.99. The molecule has 4 amide bonds. The highest BCUT2D eigenvalue weighted by Gasteiger charge is 2.46. The van der Waals surface area contributed by atoms with Crippen molar-refractivity contribution >= 4 is 34.4 Å². The number of alkyl carbamates (subject to hydrolysis) is 2. The van der Waals surface area contributed by atoms with Crippen molar-refractivity contribution in [1.29, 1.82) is 0 Å². The monoisotopic (exact) mass is 534 g/mol. The molecule has 2 aromatic rings. The number of ether oxygens (including phenoxy) is 2. The van der Waals surface area contributed by atoms with Crippen LogP contribution in [0.4, 0.5) is 9.59 Å². The molecule has 196 valence electrons. The molecule has 15 heteroatoms. The van der Waals surface area contributed by atoms with Crippen LogP contribution in [0.1, 0.15) is 11.1 Å². The highest BCUT2D eigenvalue weighted by molar-refractivity contribution is 7.81. The molecule has 2 aliphatic rings. The van der Waals surface area contributed by atoms with Gasteiger partial charge < -0.3 is 20.1 Å². The van der Waals surface area contributed by atoms with Gasteiger partial charge in [0.15, 0.2) is 0 Å². The number of carbonyl (C=O) groups is 4. The molecule has 2 atom stereocenters. The summed E-state index contributed by atoms with van der Waals surface area (Å²) < 4.78 is 43.1. The topological polar surface area (TPSA) is 170 Å². The first-order valence-corrected chi connectivity index (χ1v) is 12.2. The third-order valence-corrected chi connectivity index (χ3v) is 5.88. The van der Waals surface area contributed by atoms with E-state index in [-0.39, 0.29) is 26.3 Å². The summed E-state index contributed by atoms with van der Waals surface area (Å²) in [7, 11) is -4.84. The second-order valence-electron chi connectivity index (χ2n) is 7.87. The molecule has 0 spiro atoms. The predicted octanol–water partition coefficient (Wildman–Crippen LogP) is 0.369. The van der Waals surface area contributed by atoms with Gasteiger partial charge in [0.25, 0.3) is 11.8 Å². The summed E-state index contributed by atoms with van der Waals surface area (Å²) in [4.78, 5) is 47.8. The molecule has 2 aromatic carbocycles. The van der Waals surface area contributed by atoms with E-state index in [9.17, 15) is 27.6 Å². The van der Waals surface area contributed by atoms with Crippen molar-refractivity contribution in [3.05, 3.63) is 71.8 Å². The lowest BCUT2D eigenvalue weighted by atomic mass is 10.1. The van der Waals surface area contributed by atoms with Crippen LogP contribution in [0.3, 0.4) is 0 Å². The minimum Gasteiger partial charge on any atom is -0.445 e. The zero-order valence-electron chi connectivity index (χ0n) is 19.1. The van der Waals surface area contributed by atoms with E-state index in [1.54, 1.807) is 60.7 Å². The quantitative estimate of drug-likeness (QED) is 0.406. The minimum atomic E-state index is -4.84. The van der Waals surface area contributed by atoms with Gasteiger partial charge >= 0.3 is 22.6 Å². The standard InChI is InChI=1S/C22H22N4O10S/c27-19-17(23-21(29)33-13-15-7-3-1-4-8-15)11-25(19)35-37(31,32)36-26-12-18(20(26)28)24-22(30)34-14-16-9-5-2-6-10-16/h1-10,17-18H,11-14H2,(H,23,29)(H,24,30)/t17-,18-/m0/s1. The SMILES string of the molecule is O=C(N[C@H]1CN(OS(=O)(=O)ON2C[C@H](NC(=O)OCc3ccccc3)C2=O)C1=O)OCc1ccccc1. The van der Waals surface area contributed by atoms with Gasteiger partial charge in [-0.25, -0.2) is 9.59 Å². The third-order valence-electron chi connectivity index (χ3n) is 5.16. The Bertz CT molecular complexity index is 1170. The Morgan fingerprint density at radius 1 is 0.730 bits per heavy atom. The van der Waals surface area contributed by atoms with Gasteiger partial charge in [0.05, 0.1) is 13.1 Å². The number of hydroxylamine groups is 4. The van der Waals surface area contributed by atoms with Crippen molar-refractivity contribution in [2.45, 2.75) is 25.3 Å². The number of β-lactam (4-membered cyclic amide) rings is 2. The fraction of sp³-hybridized carbons (Fsp3) is 0.273. The van der Waals surface area contributed by atoms with Gasteiger partial charge in [-0.2, -0.15) is 18.5 Å². The van der Waals surface area contributed by atoms with Crippen LogP contribution in [0.5, 0.6) is 0 Å². The van der Waals surface area contributed by atoms with E-state index in [0.717, 1.165) is 11.1 Å². The third kappa shape index (κ3) is 6.93. The number of nitrogens with zero attached hydrogens (tertiary/aromatic N) is 2. The number of nitrogens with one attached hydrogen (secondary N) is 2. The molecule has 2 fully saturated rings. The molecule has 0 saturated carbocycles. The Kier molecular flexibility index (Phi) is 7.86. The van der Waals surface area contributed by atoms with Crippen LogP contribution < -0.4 is 10.6 Å². The molecular formula is C22H22N4O10S. The molecule has 4 rings (SSSR count). The maximum absolute atomic E-state index is 12.1. The van der Waals surface area contributed by atoms with E-state index in [2.05, 4.69) is 19.2 Å². The van der Waals surface area contributed by atoms with Gasteiger partial charge in [-0.3, -0.25) is 9.59 Å². The summed E-state index contributed by atoms with van der Waals surface area (Å²) in [5.41, 5.74) is 1.49. The molecule has 14 nitrogen and oxygen atoms in total. The van der Waals surface area contributed by atoms with E-state index >= 15 is 0 Å². The first kappa shape index (κ1) is 25.9. The van der Waals surface area contributed by atoms with Crippen molar-refractivity contribution in [2.24, 2.45) is 0 Å². The maximum atomic E-state index is 12.1. The lowest BCUT2D eigenvalue weighted by molar-refractivity contribution is -0.196. The summed E-state index contributed by atoms with van der Waals surface area (Å²) in [5.74, 6) is -1.72. The zero-order chi connectivity index (χ0) is 26.4. The van der Waals surface area contributed by atoms with Crippen molar-refractivity contribution in [2.75, 3.05) is 13.1 Å². The lowest BCUT2D eigenvalue weighted by Gasteiger charge is -2.38. The van der Waals surface area contributed by atoms with Gasteiger partial charge in [-0.1, -0.05) is 60.7 Å².